The summed E-state index contributed by atoms with van der Waals surface area (Å²) in [5.41, 5.74) is 5.41. The number of piperidine rings is 1. The first kappa shape index (κ1) is 31.0. The molecule has 0 bridgehead atoms. The van der Waals surface area contributed by atoms with Crippen LogP contribution in [0.3, 0.4) is 0 Å². The van der Waals surface area contributed by atoms with Crippen molar-refractivity contribution >= 4 is 23.8 Å². The lowest BCUT2D eigenvalue weighted by molar-refractivity contribution is -0.159. The van der Waals surface area contributed by atoms with Gasteiger partial charge in [-0.25, -0.2) is 14.0 Å². The summed E-state index contributed by atoms with van der Waals surface area (Å²) >= 11 is 0. The lowest BCUT2D eigenvalue weighted by Crippen LogP contribution is -2.32. The molecule has 1 fully saturated rings. The Labute approximate surface area is 238 Å². The Bertz CT molecular complexity index is 1360. The maximum Gasteiger partial charge on any atom is 0.414 e. The van der Waals surface area contributed by atoms with E-state index < -0.39 is 11.9 Å². The van der Waals surface area contributed by atoms with Crippen molar-refractivity contribution in [2.24, 2.45) is 0 Å². The average molecular weight is 564 g/mol. The Morgan fingerprint density at radius 1 is 0.927 bits per heavy atom. The van der Waals surface area contributed by atoms with Gasteiger partial charge in [0.25, 0.3) is 0 Å². The molecule has 8 nitrogen and oxygen atoms in total. The van der Waals surface area contributed by atoms with E-state index in [9.17, 15) is 9.18 Å². The van der Waals surface area contributed by atoms with Gasteiger partial charge in [-0.05, 0) is 73.2 Å². The molecule has 0 aromatic heterocycles. The van der Waals surface area contributed by atoms with Crippen LogP contribution in [-0.2, 0) is 9.59 Å². The highest BCUT2D eigenvalue weighted by atomic mass is 19.1. The second kappa shape index (κ2) is 15.3. The molecule has 9 heteroatoms. The number of aliphatic carboxylic acids is 2. The summed E-state index contributed by atoms with van der Waals surface area (Å²) in [4.78, 5) is 32.2. The van der Waals surface area contributed by atoms with Gasteiger partial charge >= 0.3 is 11.9 Å². The van der Waals surface area contributed by atoms with Crippen LogP contribution >= 0.6 is 0 Å². The lowest BCUT2D eigenvalue weighted by Gasteiger charge is -2.28. The van der Waals surface area contributed by atoms with Crippen LogP contribution in [0.25, 0.3) is 17.2 Å². The predicted molar refractivity (Wildman–Crippen MR) is 154 cm³/mol. The molecule has 1 saturated heterocycles. The maximum absolute atomic E-state index is 13.3. The minimum atomic E-state index is -1.82. The average Bonchev–Trinajstić information content (AvgIpc) is 2.97. The zero-order valence-corrected chi connectivity index (χ0v) is 23.1. The van der Waals surface area contributed by atoms with Crippen LogP contribution in [0.1, 0.15) is 42.1 Å². The molecule has 2 N–H and O–H groups in total. The van der Waals surface area contributed by atoms with Gasteiger partial charge in [-0.1, -0.05) is 48.0 Å². The van der Waals surface area contributed by atoms with E-state index >= 15 is 0 Å². The van der Waals surface area contributed by atoms with Gasteiger partial charge in [0.05, 0.1) is 13.7 Å². The molecule has 3 aromatic rings. The standard InChI is InChI=1S/C30H32FNO3.C2H2O4/c1-22(33)25-10-13-29(30(21-25)34-2)35-19-5-16-32-17-14-23(15-18-32)20-26-6-3-4-7-28(26)24-8-11-27(31)12-9-24;3-1(4)2(5)6/h3-4,6-13,20-21H,5,14-19H2,1-2H3;(H,3,4)(H,5,6). The van der Waals surface area contributed by atoms with E-state index in [2.05, 4.69) is 29.2 Å². The minimum Gasteiger partial charge on any atom is -0.493 e. The Kier molecular flexibility index (Phi) is 11.6. The number of carbonyl (C=O) groups is 3. The Morgan fingerprint density at radius 2 is 1.59 bits per heavy atom. The summed E-state index contributed by atoms with van der Waals surface area (Å²) in [6.07, 6.45) is 5.30. The molecule has 1 aliphatic rings. The molecule has 0 spiro atoms. The van der Waals surface area contributed by atoms with Crippen molar-refractivity contribution in [1.82, 2.24) is 4.90 Å². The number of rotatable bonds is 9. The summed E-state index contributed by atoms with van der Waals surface area (Å²) in [7, 11) is 1.59. The van der Waals surface area contributed by atoms with Crippen LogP contribution in [-0.4, -0.2) is 66.2 Å². The van der Waals surface area contributed by atoms with Crippen LogP contribution in [0.5, 0.6) is 11.5 Å². The largest absolute Gasteiger partial charge is 0.493 e. The summed E-state index contributed by atoms with van der Waals surface area (Å²) in [5, 5.41) is 14.8. The van der Waals surface area contributed by atoms with Crippen LogP contribution < -0.4 is 9.47 Å². The quantitative estimate of drug-likeness (QED) is 0.191. The van der Waals surface area contributed by atoms with Crippen molar-refractivity contribution in [2.75, 3.05) is 33.4 Å². The number of Topliss-reactive ketones (excluding diaryl/α,β-unsaturated/α-hetero) is 1. The third-order valence-corrected chi connectivity index (χ3v) is 6.60. The van der Waals surface area contributed by atoms with Gasteiger partial charge in [-0.2, -0.15) is 0 Å². The highest BCUT2D eigenvalue weighted by Gasteiger charge is 2.15. The second-order valence-corrected chi connectivity index (χ2v) is 9.47. The zero-order valence-electron chi connectivity index (χ0n) is 23.1. The minimum absolute atomic E-state index is 0.00677. The number of benzene rings is 3. The molecule has 1 heterocycles. The van der Waals surface area contributed by atoms with Crippen molar-refractivity contribution in [3.8, 4) is 22.6 Å². The molecular weight excluding hydrogens is 529 g/mol. The first-order chi connectivity index (χ1) is 19.7. The monoisotopic (exact) mass is 563 g/mol. The van der Waals surface area contributed by atoms with Gasteiger partial charge in [0.1, 0.15) is 5.82 Å². The van der Waals surface area contributed by atoms with Crippen molar-refractivity contribution in [2.45, 2.75) is 26.2 Å². The van der Waals surface area contributed by atoms with Crippen molar-refractivity contribution in [1.29, 1.82) is 0 Å². The van der Waals surface area contributed by atoms with E-state index in [1.807, 2.05) is 18.2 Å². The van der Waals surface area contributed by atoms with E-state index in [0.29, 0.717) is 23.7 Å². The molecule has 4 rings (SSSR count). The third-order valence-electron chi connectivity index (χ3n) is 6.60. The molecule has 0 atom stereocenters. The fraction of sp³-hybridized carbons (Fsp3) is 0.281. The Morgan fingerprint density at radius 3 is 2.20 bits per heavy atom. The fourth-order valence-electron chi connectivity index (χ4n) is 4.42. The van der Waals surface area contributed by atoms with E-state index in [1.165, 1.54) is 23.3 Å². The number of ether oxygens (including phenoxy) is 2. The Hall–Kier alpha value is -4.50. The SMILES string of the molecule is COc1cc(C(C)=O)ccc1OCCCN1CCC(=Cc2ccccc2-c2ccc(F)cc2)CC1.O=C(O)C(=O)O. The van der Waals surface area contributed by atoms with E-state index in [1.54, 1.807) is 32.2 Å². The van der Waals surface area contributed by atoms with Crippen LogP contribution in [0.15, 0.2) is 72.3 Å². The van der Waals surface area contributed by atoms with Gasteiger partial charge in [0.15, 0.2) is 17.3 Å². The summed E-state index contributed by atoms with van der Waals surface area (Å²) in [5.74, 6) is -2.60. The number of methoxy groups -OCH3 is 1. The normalized spacial score (nSPS) is 13.0. The number of ketones is 1. The molecule has 216 valence electrons. The summed E-state index contributed by atoms with van der Waals surface area (Å²) in [6, 6.07) is 20.3. The highest BCUT2D eigenvalue weighted by Crippen LogP contribution is 2.29. The van der Waals surface area contributed by atoms with E-state index in [0.717, 1.165) is 50.0 Å². The Balaban J connectivity index is 0.000000696. The van der Waals surface area contributed by atoms with Crippen molar-refractivity contribution < 1.29 is 38.5 Å². The molecule has 0 aliphatic carbocycles. The highest BCUT2D eigenvalue weighted by molar-refractivity contribution is 6.27. The number of carboxylic acid groups (broad SMARTS) is 2. The molecule has 0 saturated carbocycles. The van der Waals surface area contributed by atoms with Crippen LogP contribution in [0.2, 0.25) is 0 Å². The number of nitrogens with zero attached hydrogens (tertiary/aromatic N) is 1. The van der Waals surface area contributed by atoms with Crippen LogP contribution in [0, 0.1) is 5.82 Å². The number of hydrogen-bond donors (Lipinski definition) is 2. The molecular formula is C32H34FNO7. The fourth-order valence-corrected chi connectivity index (χ4v) is 4.42. The zero-order chi connectivity index (χ0) is 29.8. The molecule has 1 aliphatic heterocycles. The topological polar surface area (TPSA) is 113 Å². The van der Waals surface area contributed by atoms with Crippen molar-refractivity contribution in [3.05, 3.63) is 89.2 Å². The van der Waals surface area contributed by atoms with Gasteiger partial charge < -0.3 is 24.6 Å². The third kappa shape index (κ3) is 9.58. The number of carboxylic acids is 2. The van der Waals surface area contributed by atoms with Crippen LogP contribution in [0.4, 0.5) is 4.39 Å². The molecule has 41 heavy (non-hydrogen) atoms. The second-order valence-electron chi connectivity index (χ2n) is 9.47. The van der Waals surface area contributed by atoms with E-state index in [-0.39, 0.29) is 11.6 Å². The first-order valence-corrected chi connectivity index (χ1v) is 13.2. The predicted octanol–water partition coefficient (Wildman–Crippen LogP) is 5.81. The number of hydrogen-bond acceptors (Lipinski definition) is 6. The van der Waals surface area contributed by atoms with Gasteiger partial charge in [-0.3, -0.25) is 4.79 Å². The van der Waals surface area contributed by atoms with E-state index in [4.69, 9.17) is 29.3 Å². The molecule has 0 amide bonds. The van der Waals surface area contributed by atoms with Crippen molar-refractivity contribution in [3.63, 3.8) is 0 Å². The van der Waals surface area contributed by atoms with Gasteiger partial charge in [-0.15, -0.1) is 0 Å². The number of likely N-dealkylation sites (tertiary alicyclic amines) is 1. The molecule has 0 unspecified atom stereocenters. The number of halogens is 1. The summed E-state index contributed by atoms with van der Waals surface area (Å²) in [6.45, 7) is 5.18. The number of carbonyl (C=O) groups excluding carboxylic acids is 1. The molecule has 0 radical (unpaired) electrons. The molecule has 3 aromatic carbocycles. The maximum atomic E-state index is 13.3. The van der Waals surface area contributed by atoms with Gasteiger partial charge in [0, 0.05) is 25.2 Å². The van der Waals surface area contributed by atoms with Gasteiger partial charge in [0.2, 0.25) is 0 Å². The smallest absolute Gasteiger partial charge is 0.414 e. The summed E-state index contributed by atoms with van der Waals surface area (Å²) < 4.78 is 24.6. The lowest BCUT2D eigenvalue weighted by atomic mass is 9.95. The first-order valence-electron chi connectivity index (χ1n) is 13.2.